The van der Waals surface area contributed by atoms with Crippen LogP contribution in [0.5, 0.6) is 5.75 Å². The Bertz CT molecular complexity index is 557. The number of aromatic nitrogens is 3. The number of hydrogen-bond donors (Lipinski definition) is 1. The van der Waals surface area contributed by atoms with Crippen molar-refractivity contribution < 1.29 is 9.53 Å². The molecule has 1 amide bonds. The molecular weight excluding hydrogens is 268 g/mol. The number of benzene rings is 1. The Morgan fingerprint density at radius 3 is 3.05 bits per heavy atom. The Hall–Kier alpha value is -2.08. The summed E-state index contributed by atoms with van der Waals surface area (Å²) < 4.78 is 6.76. The molecule has 0 spiro atoms. The van der Waals surface area contributed by atoms with Crippen LogP contribution in [0.15, 0.2) is 30.9 Å². The topological polar surface area (TPSA) is 69.0 Å². The number of carbonyl (C=O) groups excluding carboxylic acids is 1. The summed E-state index contributed by atoms with van der Waals surface area (Å²) in [6.45, 7) is 0.993. The van der Waals surface area contributed by atoms with Crippen LogP contribution in [0.2, 0.25) is 5.02 Å². The molecule has 100 valence electrons. The molecule has 1 aromatic heterocycles. The molecule has 0 aliphatic rings. The van der Waals surface area contributed by atoms with Crippen LogP contribution in [0.3, 0.4) is 0 Å². The maximum absolute atomic E-state index is 12.0. The van der Waals surface area contributed by atoms with Gasteiger partial charge in [0.1, 0.15) is 18.4 Å². The van der Waals surface area contributed by atoms with Gasteiger partial charge in [0.15, 0.2) is 0 Å². The monoisotopic (exact) mass is 280 g/mol. The van der Waals surface area contributed by atoms with E-state index in [1.54, 1.807) is 29.2 Å². The van der Waals surface area contributed by atoms with Gasteiger partial charge in [-0.2, -0.15) is 5.10 Å². The minimum Gasteiger partial charge on any atom is -0.496 e. The standard InChI is InChI=1S/C12H13ClN4O2/c1-19-11-3-2-9(13)6-10(11)12(18)15-4-5-17-8-14-7-16-17/h2-3,6-8H,4-5H2,1H3,(H,15,18). The van der Waals surface area contributed by atoms with Gasteiger partial charge in [-0.1, -0.05) is 11.6 Å². The van der Waals surface area contributed by atoms with Gasteiger partial charge in [-0.15, -0.1) is 0 Å². The summed E-state index contributed by atoms with van der Waals surface area (Å²) in [6, 6.07) is 4.91. The molecule has 0 aliphatic heterocycles. The van der Waals surface area contributed by atoms with E-state index in [9.17, 15) is 4.79 Å². The van der Waals surface area contributed by atoms with Gasteiger partial charge in [0.2, 0.25) is 0 Å². The third-order valence-electron chi connectivity index (χ3n) is 2.50. The summed E-state index contributed by atoms with van der Waals surface area (Å²) in [4.78, 5) is 15.8. The largest absolute Gasteiger partial charge is 0.496 e. The van der Waals surface area contributed by atoms with Crippen molar-refractivity contribution in [2.24, 2.45) is 0 Å². The molecule has 0 fully saturated rings. The normalized spacial score (nSPS) is 10.2. The first-order valence-electron chi connectivity index (χ1n) is 5.65. The molecule has 19 heavy (non-hydrogen) atoms. The smallest absolute Gasteiger partial charge is 0.255 e. The summed E-state index contributed by atoms with van der Waals surface area (Å²) in [7, 11) is 1.51. The number of methoxy groups -OCH3 is 1. The number of amides is 1. The Labute approximate surface area is 115 Å². The van der Waals surface area contributed by atoms with E-state index in [1.165, 1.54) is 13.4 Å². The van der Waals surface area contributed by atoms with Crippen LogP contribution < -0.4 is 10.1 Å². The lowest BCUT2D eigenvalue weighted by Gasteiger charge is -2.09. The van der Waals surface area contributed by atoms with Crippen LogP contribution in [0, 0.1) is 0 Å². The number of rotatable bonds is 5. The molecule has 1 aromatic carbocycles. The molecule has 0 saturated carbocycles. The molecule has 1 heterocycles. The van der Waals surface area contributed by atoms with Crippen LogP contribution in [-0.2, 0) is 6.54 Å². The fourth-order valence-electron chi connectivity index (χ4n) is 1.59. The molecule has 0 saturated heterocycles. The van der Waals surface area contributed by atoms with Crippen LogP contribution in [0.4, 0.5) is 0 Å². The highest BCUT2D eigenvalue weighted by Gasteiger charge is 2.12. The first-order chi connectivity index (χ1) is 9.20. The van der Waals surface area contributed by atoms with Crippen LogP contribution in [0.1, 0.15) is 10.4 Å². The van der Waals surface area contributed by atoms with Crippen molar-refractivity contribution in [3.8, 4) is 5.75 Å². The molecule has 0 radical (unpaired) electrons. The number of ether oxygens (including phenoxy) is 1. The highest BCUT2D eigenvalue weighted by molar-refractivity contribution is 6.31. The first-order valence-corrected chi connectivity index (χ1v) is 6.02. The average Bonchev–Trinajstić information content (AvgIpc) is 2.91. The molecule has 0 unspecified atom stereocenters. The third kappa shape index (κ3) is 3.45. The average molecular weight is 281 g/mol. The maximum Gasteiger partial charge on any atom is 0.255 e. The number of nitrogens with zero attached hydrogens (tertiary/aromatic N) is 3. The van der Waals surface area contributed by atoms with Crippen LogP contribution >= 0.6 is 11.6 Å². The molecular formula is C12H13ClN4O2. The fraction of sp³-hybridized carbons (Fsp3) is 0.250. The van der Waals surface area contributed by atoms with Gasteiger partial charge in [-0.05, 0) is 18.2 Å². The van der Waals surface area contributed by atoms with Crippen molar-refractivity contribution in [2.45, 2.75) is 6.54 Å². The van der Waals surface area contributed by atoms with Crippen molar-refractivity contribution in [3.05, 3.63) is 41.4 Å². The molecule has 0 aliphatic carbocycles. The Morgan fingerprint density at radius 1 is 1.53 bits per heavy atom. The quantitative estimate of drug-likeness (QED) is 0.898. The van der Waals surface area contributed by atoms with Crippen LogP contribution in [-0.4, -0.2) is 34.3 Å². The van der Waals surface area contributed by atoms with E-state index < -0.39 is 0 Å². The Morgan fingerprint density at radius 2 is 2.37 bits per heavy atom. The number of hydrogen-bond acceptors (Lipinski definition) is 4. The van der Waals surface area contributed by atoms with Crippen molar-refractivity contribution >= 4 is 17.5 Å². The minimum atomic E-state index is -0.237. The van der Waals surface area contributed by atoms with Crippen molar-refractivity contribution in [3.63, 3.8) is 0 Å². The van der Waals surface area contributed by atoms with Gasteiger partial charge in [0.25, 0.3) is 5.91 Å². The summed E-state index contributed by atoms with van der Waals surface area (Å²) in [5, 5.41) is 7.20. The lowest BCUT2D eigenvalue weighted by molar-refractivity contribution is 0.0949. The lowest BCUT2D eigenvalue weighted by atomic mass is 10.2. The van der Waals surface area contributed by atoms with Gasteiger partial charge in [0.05, 0.1) is 19.2 Å². The molecule has 6 nitrogen and oxygen atoms in total. The van der Waals surface area contributed by atoms with E-state index in [2.05, 4.69) is 15.4 Å². The lowest BCUT2D eigenvalue weighted by Crippen LogP contribution is -2.27. The summed E-state index contributed by atoms with van der Waals surface area (Å²) >= 11 is 5.88. The Balaban J connectivity index is 1.97. The van der Waals surface area contributed by atoms with Crippen molar-refractivity contribution in [2.75, 3.05) is 13.7 Å². The molecule has 2 rings (SSSR count). The third-order valence-corrected chi connectivity index (χ3v) is 2.73. The molecule has 0 bridgehead atoms. The van der Waals surface area contributed by atoms with E-state index in [0.29, 0.717) is 29.4 Å². The SMILES string of the molecule is COc1ccc(Cl)cc1C(=O)NCCn1cncn1. The zero-order chi connectivity index (χ0) is 13.7. The number of halogens is 1. The number of carbonyl (C=O) groups is 1. The van der Waals surface area contributed by atoms with E-state index >= 15 is 0 Å². The summed E-state index contributed by atoms with van der Waals surface area (Å²) in [5.74, 6) is 0.252. The predicted molar refractivity (Wildman–Crippen MR) is 70.4 cm³/mol. The van der Waals surface area contributed by atoms with Crippen LogP contribution in [0.25, 0.3) is 0 Å². The van der Waals surface area contributed by atoms with Gasteiger partial charge in [0, 0.05) is 11.6 Å². The zero-order valence-corrected chi connectivity index (χ0v) is 11.1. The molecule has 0 atom stereocenters. The summed E-state index contributed by atoms with van der Waals surface area (Å²) in [5.41, 5.74) is 0.411. The fourth-order valence-corrected chi connectivity index (χ4v) is 1.76. The second-order valence-corrected chi connectivity index (χ2v) is 4.20. The van der Waals surface area contributed by atoms with E-state index in [4.69, 9.17) is 16.3 Å². The van der Waals surface area contributed by atoms with Crippen molar-refractivity contribution in [1.82, 2.24) is 20.1 Å². The second kappa shape index (κ2) is 6.19. The Kier molecular flexibility index (Phi) is 4.35. The van der Waals surface area contributed by atoms with Gasteiger partial charge in [-0.3, -0.25) is 9.48 Å². The first kappa shape index (κ1) is 13.4. The number of nitrogens with one attached hydrogen (secondary N) is 1. The highest BCUT2D eigenvalue weighted by Crippen LogP contribution is 2.22. The summed E-state index contributed by atoms with van der Waals surface area (Å²) in [6.07, 6.45) is 3.04. The molecule has 1 N–H and O–H groups in total. The highest BCUT2D eigenvalue weighted by atomic mass is 35.5. The van der Waals surface area contributed by atoms with E-state index in [-0.39, 0.29) is 5.91 Å². The minimum absolute atomic E-state index is 0.237. The van der Waals surface area contributed by atoms with Gasteiger partial charge in [-0.25, -0.2) is 4.98 Å². The van der Waals surface area contributed by atoms with E-state index in [0.717, 1.165) is 0 Å². The van der Waals surface area contributed by atoms with Gasteiger partial charge >= 0.3 is 0 Å². The molecule has 7 heteroatoms. The van der Waals surface area contributed by atoms with E-state index in [1.807, 2.05) is 0 Å². The van der Waals surface area contributed by atoms with Crippen molar-refractivity contribution in [1.29, 1.82) is 0 Å². The molecule has 2 aromatic rings. The maximum atomic E-state index is 12.0. The predicted octanol–water partition coefficient (Wildman–Crippen LogP) is 1.37. The zero-order valence-electron chi connectivity index (χ0n) is 10.3. The van der Waals surface area contributed by atoms with Gasteiger partial charge < -0.3 is 10.1 Å². The second-order valence-electron chi connectivity index (χ2n) is 3.76.